The van der Waals surface area contributed by atoms with Crippen molar-refractivity contribution in [2.24, 2.45) is 5.92 Å². The Bertz CT molecular complexity index is 1360. The number of aliphatic hydroxyl groups excluding tert-OH is 1. The molecule has 6 nitrogen and oxygen atoms in total. The number of ether oxygens (including phenoxy) is 1. The van der Waals surface area contributed by atoms with Gasteiger partial charge in [-0.05, 0) is 63.8 Å². The number of carbonyl (C=O) groups is 1. The van der Waals surface area contributed by atoms with Gasteiger partial charge in [-0.15, -0.1) is 0 Å². The van der Waals surface area contributed by atoms with Gasteiger partial charge in [0, 0.05) is 6.54 Å². The zero-order valence-electron chi connectivity index (χ0n) is 23.5. The van der Waals surface area contributed by atoms with Crippen LogP contribution in [0.4, 0.5) is 0 Å². The third kappa shape index (κ3) is 7.24. The van der Waals surface area contributed by atoms with E-state index in [1.165, 1.54) is 10.4 Å². The Kier molecular flexibility index (Phi) is 10.2. The van der Waals surface area contributed by atoms with Gasteiger partial charge in [-0.25, -0.2) is 8.42 Å². The lowest BCUT2D eigenvalue weighted by atomic mass is 10.0. The Balaban J connectivity index is 2.13. The van der Waals surface area contributed by atoms with Crippen LogP contribution < -0.4 is 0 Å². The highest BCUT2D eigenvalue weighted by Crippen LogP contribution is 2.34. The summed E-state index contributed by atoms with van der Waals surface area (Å²) in [5.74, 6) is -1.44. The Hall–Kier alpha value is -3.26. The number of rotatable bonds is 11. The van der Waals surface area contributed by atoms with Crippen LogP contribution in [0.2, 0.25) is 0 Å². The fraction of sp³-hybridized carbons (Fsp3) is 0.344. The summed E-state index contributed by atoms with van der Waals surface area (Å²) in [5.41, 5.74) is 3.78. The van der Waals surface area contributed by atoms with E-state index in [2.05, 4.69) is 0 Å². The molecular weight excluding hydrogens is 510 g/mol. The lowest BCUT2D eigenvalue weighted by molar-refractivity contribution is -0.159. The van der Waals surface area contributed by atoms with Gasteiger partial charge in [0.05, 0.1) is 23.0 Å². The summed E-state index contributed by atoms with van der Waals surface area (Å²) >= 11 is 0. The molecule has 0 radical (unpaired) electrons. The number of aliphatic hydroxyl groups is 1. The minimum absolute atomic E-state index is 0.0920. The molecule has 0 heterocycles. The van der Waals surface area contributed by atoms with Gasteiger partial charge in [-0.3, -0.25) is 4.79 Å². The second-order valence-electron chi connectivity index (χ2n) is 10.1. The van der Waals surface area contributed by atoms with Gasteiger partial charge >= 0.3 is 5.97 Å². The second-order valence-corrected chi connectivity index (χ2v) is 11.9. The number of allylic oxidation sites excluding steroid dienone is 1. The van der Waals surface area contributed by atoms with E-state index >= 15 is 0 Å². The van der Waals surface area contributed by atoms with Crippen LogP contribution in [-0.4, -0.2) is 35.9 Å². The second kappa shape index (κ2) is 13.2. The monoisotopic (exact) mass is 549 g/mol. The lowest BCUT2D eigenvalue weighted by Gasteiger charge is -2.35. The maximum absolute atomic E-state index is 14.4. The number of sulfonamides is 1. The topological polar surface area (TPSA) is 83.9 Å². The molecule has 3 aromatic rings. The van der Waals surface area contributed by atoms with E-state index in [1.807, 2.05) is 79.7 Å². The summed E-state index contributed by atoms with van der Waals surface area (Å²) in [5, 5.41) is 10.4. The van der Waals surface area contributed by atoms with E-state index in [1.54, 1.807) is 40.7 Å². The minimum atomic E-state index is -4.03. The van der Waals surface area contributed by atoms with Crippen molar-refractivity contribution in [3.63, 3.8) is 0 Å². The number of benzene rings is 3. The average Bonchev–Trinajstić information content (AvgIpc) is 2.89. The van der Waals surface area contributed by atoms with Gasteiger partial charge in [-0.2, -0.15) is 4.31 Å². The molecule has 0 aliphatic rings. The molecule has 1 N–H and O–H groups in total. The molecule has 4 atom stereocenters. The molecule has 0 amide bonds. The minimum Gasteiger partial charge on any atom is -0.455 e. The molecule has 0 spiro atoms. The number of aryl methyl sites for hydroxylation is 3. The molecule has 0 unspecified atom stereocenters. The number of nitrogens with zero attached hydrogens (tertiary/aromatic N) is 1. The maximum Gasteiger partial charge on any atom is 0.312 e. The van der Waals surface area contributed by atoms with E-state index in [0.717, 1.165) is 11.1 Å². The quantitative estimate of drug-likeness (QED) is 0.233. The van der Waals surface area contributed by atoms with Crippen molar-refractivity contribution >= 4 is 16.0 Å². The number of hydrogen-bond donors (Lipinski definition) is 1. The standard InChI is InChI=1S/C32H39NO5S/c1-7-14-29(34)25(5)32(35)38-30(28-17-12-9-13-18-28)26(6)33(21-27-15-10-8-11-16-27)39(36,37)31-23(3)19-22(2)20-24(31)4/h7-20,25-26,29-30,34H,21H2,1-6H3/b14-7+/t25-,26+,29+,30+/m1/s1. The van der Waals surface area contributed by atoms with E-state index in [-0.39, 0.29) is 11.4 Å². The molecule has 3 aromatic carbocycles. The Morgan fingerprint density at radius 1 is 0.949 bits per heavy atom. The van der Waals surface area contributed by atoms with Crippen molar-refractivity contribution in [2.45, 2.75) is 71.2 Å². The maximum atomic E-state index is 14.4. The number of hydrogen-bond acceptors (Lipinski definition) is 5. The predicted molar refractivity (Wildman–Crippen MR) is 155 cm³/mol. The smallest absolute Gasteiger partial charge is 0.312 e. The lowest BCUT2D eigenvalue weighted by Crippen LogP contribution is -2.44. The highest BCUT2D eigenvalue weighted by molar-refractivity contribution is 7.89. The Morgan fingerprint density at radius 3 is 2.03 bits per heavy atom. The van der Waals surface area contributed by atoms with Crippen LogP contribution in [0.1, 0.15) is 54.7 Å². The van der Waals surface area contributed by atoms with Gasteiger partial charge < -0.3 is 9.84 Å². The summed E-state index contributed by atoms with van der Waals surface area (Å²) in [6, 6.07) is 21.5. The largest absolute Gasteiger partial charge is 0.455 e. The summed E-state index contributed by atoms with van der Waals surface area (Å²) < 4.78 is 36.3. The summed E-state index contributed by atoms with van der Waals surface area (Å²) in [6.45, 7) is 10.8. The van der Waals surface area contributed by atoms with Gasteiger partial charge in [0.25, 0.3) is 0 Å². The first-order valence-corrected chi connectivity index (χ1v) is 14.6. The zero-order chi connectivity index (χ0) is 28.7. The summed E-state index contributed by atoms with van der Waals surface area (Å²) in [6.07, 6.45) is 1.27. The fourth-order valence-electron chi connectivity index (χ4n) is 4.88. The Morgan fingerprint density at radius 2 is 1.49 bits per heavy atom. The third-order valence-corrected chi connectivity index (χ3v) is 9.13. The molecular formula is C32H39NO5S. The molecule has 0 aliphatic carbocycles. The first-order chi connectivity index (χ1) is 18.5. The highest BCUT2D eigenvalue weighted by Gasteiger charge is 2.38. The molecule has 3 rings (SSSR count). The van der Waals surface area contributed by atoms with E-state index in [0.29, 0.717) is 16.7 Å². The normalized spacial score (nSPS) is 15.2. The van der Waals surface area contributed by atoms with Gasteiger partial charge in [0.1, 0.15) is 6.10 Å². The van der Waals surface area contributed by atoms with Crippen LogP contribution in [-0.2, 0) is 26.1 Å². The molecule has 0 aromatic heterocycles. The Labute approximate surface area is 233 Å². The van der Waals surface area contributed by atoms with E-state index < -0.39 is 40.2 Å². The van der Waals surface area contributed by atoms with Gasteiger partial charge in [0.15, 0.2) is 0 Å². The molecule has 0 saturated heterocycles. The van der Waals surface area contributed by atoms with Crippen LogP contribution >= 0.6 is 0 Å². The number of carbonyl (C=O) groups excluding carboxylic acids is 1. The van der Waals surface area contributed by atoms with Crippen LogP contribution in [0.15, 0.2) is 89.8 Å². The van der Waals surface area contributed by atoms with Crippen molar-refractivity contribution in [1.82, 2.24) is 4.31 Å². The third-order valence-electron chi connectivity index (χ3n) is 6.89. The average molecular weight is 550 g/mol. The van der Waals surface area contributed by atoms with Crippen molar-refractivity contribution in [3.8, 4) is 0 Å². The van der Waals surface area contributed by atoms with Crippen LogP contribution in [0, 0.1) is 26.7 Å². The summed E-state index contributed by atoms with van der Waals surface area (Å²) in [4.78, 5) is 13.5. The van der Waals surface area contributed by atoms with Crippen molar-refractivity contribution in [1.29, 1.82) is 0 Å². The van der Waals surface area contributed by atoms with Crippen molar-refractivity contribution < 1.29 is 23.1 Å². The molecule has 0 fully saturated rings. The molecule has 7 heteroatoms. The first kappa shape index (κ1) is 30.3. The van der Waals surface area contributed by atoms with Crippen molar-refractivity contribution in [2.75, 3.05) is 0 Å². The SMILES string of the molecule is C/C=C/[C@H](O)[C@@H](C)C(=O)O[C@H](c1ccccc1)[C@H](C)N(Cc1ccccc1)S(=O)(=O)c1c(C)cc(C)cc1C. The summed E-state index contributed by atoms with van der Waals surface area (Å²) in [7, 11) is -4.03. The molecule has 0 saturated carbocycles. The zero-order valence-corrected chi connectivity index (χ0v) is 24.4. The van der Waals surface area contributed by atoms with Crippen LogP contribution in [0.5, 0.6) is 0 Å². The first-order valence-electron chi connectivity index (χ1n) is 13.2. The fourth-order valence-corrected chi connectivity index (χ4v) is 6.91. The van der Waals surface area contributed by atoms with Gasteiger partial charge in [0.2, 0.25) is 10.0 Å². The van der Waals surface area contributed by atoms with Gasteiger partial charge in [-0.1, -0.05) is 90.5 Å². The molecule has 0 bridgehead atoms. The van der Waals surface area contributed by atoms with Crippen LogP contribution in [0.25, 0.3) is 0 Å². The number of esters is 1. The molecule has 0 aliphatic heterocycles. The highest BCUT2D eigenvalue weighted by atomic mass is 32.2. The van der Waals surface area contributed by atoms with Crippen molar-refractivity contribution in [3.05, 3.63) is 113 Å². The van der Waals surface area contributed by atoms with E-state index in [4.69, 9.17) is 4.74 Å². The molecule has 39 heavy (non-hydrogen) atoms. The van der Waals surface area contributed by atoms with E-state index in [9.17, 15) is 18.3 Å². The molecule has 208 valence electrons. The van der Waals surface area contributed by atoms with Crippen LogP contribution in [0.3, 0.4) is 0 Å². The predicted octanol–water partition coefficient (Wildman–Crippen LogP) is 6.05.